The number of hydrogen-bond acceptors (Lipinski definition) is 3. The minimum atomic E-state index is -4.73. The molecule has 0 heterocycles. The molecule has 5 fully saturated rings. The molecule has 1 aromatic rings. The molecule has 0 unspecified atom stereocenters. The quantitative estimate of drug-likeness (QED) is 0.327. The van der Waals surface area contributed by atoms with Gasteiger partial charge in [0.15, 0.2) is 0 Å². The first kappa shape index (κ1) is 31.7. The van der Waals surface area contributed by atoms with E-state index in [4.69, 9.17) is 0 Å². The number of amides is 1. The van der Waals surface area contributed by atoms with E-state index in [2.05, 4.69) is 50.9 Å². The molecule has 242 valence electrons. The zero-order valence-electron chi connectivity index (χ0n) is 26.9. The van der Waals surface area contributed by atoms with Gasteiger partial charge in [-0.3, -0.25) is 4.79 Å². The summed E-state index contributed by atoms with van der Waals surface area (Å²) < 4.78 is 41.8. The molecule has 10 atom stereocenters. The summed E-state index contributed by atoms with van der Waals surface area (Å²) >= 11 is 0. The van der Waals surface area contributed by atoms with Gasteiger partial charge >= 0.3 is 6.36 Å². The van der Waals surface area contributed by atoms with Crippen molar-refractivity contribution >= 4 is 5.91 Å². The maximum Gasteiger partial charge on any atom is 0.573 e. The number of benzene rings is 1. The number of alkyl halides is 3. The smallest absolute Gasteiger partial charge is 0.406 e. The van der Waals surface area contributed by atoms with Gasteiger partial charge in [0.25, 0.3) is 0 Å². The maximum absolute atomic E-state index is 14.3. The van der Waals surface area contributed by atoms with E-state index in [9.17, 15) is 23.1 Å². The summed E-state index contributed by atoms with van der Waals surface area (Å²) in [6.45, 7) is 18.8. The first-order valence-corrected chi connectivity index (χ1v) is 16.7. The van der Waals surface area contributed by atoms with Crippen LogP contribution in [0, 0.1) is 51.2 Å². The molecule has 1 aromatic carbocycles. The maximum atomic E-state index is 14.3. The van der Waals surface area contributed by atoms with Gasteiger partial charge in [-0.1, -0.05) is 51.6 Å². The number of fused-ring (bicyclic) bond motifs is 7. The molecule has 0 bridgehead atoms. The molecule has 5 aliphatic rings. The highest BCUT2D eigenvalue weighted by Gasteiger charge is 2.71. The zero-order valence-corrected chi connectivity index (χ0v) is 26.9. The molecule has 2 N–H and O–H groups in total. The van der Waals surface area contributed by atoms with Crippen molar-refractivity contribution in [1.82, 2.24) is 5.32 Å². The SMILES string of the molecule is C=C(C)[C@@H]1CC[C@]2(C(=O)NCc3ccc(OC(F)(F)F)cc3)CC[C@]3(C)[C@H](CC[C@@H]4[C@@]5(C)CC[C@H](O)C(=C)[C@@H]5CC[C@]43C)[C@@H]12. The van der Waals surface area contributed by atoms with Crippen molar-refractivity contribution < 1.29 is 27.8 Å². The Morgan fingerprint density at radius 1 is 0.977 bits per heavy atom. The number of carbonyl (C=O) groups is 1. The number of aliphatic hydroxyl groups excluding tert-OH is 1. The zero-order chi connectivity index (χ0) is 31.9. The van der Waals surface area contributed by atoms with Crippen molar-refractivity contribution in [3.8, 4) is 5.75 Å². The van der Waals surface area contributed by atoms with Gasteiger partial charge in [0, 0.05) is 6.54 Å². The Bertz CT molecular complexity index is 1320. The molecule has 4 nitrogen and oxygen atoms in total. The van der Waals surface area contributed by atoms with Crippen molar-refractivity contribution in [3.63, 3.8) is 0 Å². The molecule has 5 aliphatic carbocycles. The molecule has 6 rings (SSSR count). The second kappa shape index (κ2) is 10.6. The summed E-state index contributed by atoms with van der Waals surface area (Å²) in [7, 11) is 0. The van der Waals surface area contributed by atoms with E-state index in [1.165, 1.54) is 17.7 Å². The lowest BCUT2D eigenvalue weighted by atomic mass is 9.33. The van der Waals surface area contributed by atoms with Crippen LogP contribution >= 0.6 is 0 Å². The molecule has 0 aromatic heterocycles. The lowest BCUT2D eigenvalue weighted by molar-refractivity contribution is -0.274. The van der Waals surface area contributed by atoms with Crippen molar-refractivity contribution in [2.24, 2.45) is 51.2 Å². The predicted molar refractivity (Wildman–Crippen MR) is 165 cm³/mol. The van der Waals surface area contributed by atoms with E-state index in [0.717, 1.165) is 75.3 Å². The van der Waals surface area contributed by atoms with Crippen LogP contribution in [0.1, 0.15) is 97.5 Å². The number of rotatable bonds is 5. The Hall–Kier alpha value is -2.28. The van der Waals surface area contributed by atoms with Gasteiger partial charge in [0.1, 0.15) is 5.75 Å². The van der Waals surface area contributed by atoms with Crippen LogP contribution in [-0.4, -0.2) is 23.5 Å². The summed E-state index contributed by atoms with van der Waals surface area (Å²) in [4.78, 5) is 14.3. The summed E-state index contributed by atoms with van der Waals surface area (Å²) in [5.74, 6) is 1.72. The monoisotopic (exact) mass is 613 g/mol. The van der Waals surface area contributed by atoms with E-state index >= 15 is 0 Å². The minimum absolute atomic E-state index is 0.0874. The van der Waals surface area contributed by atoms with Gasteiger partial charge in [0.05, 0.1) is 11.5 Å². The molecule has 0 spiro atoms. The van der Waals surface area contributed by atoms with Gasteiger partial charge in [-0.2, -0.15) is 0 Å². The molecule has 7 heteroatoms. The number of allylic oxidation sites excluding steroid dienone is 1. The Balaban J connectivity index is 1.26. The van der Waals surface area contributed by atoms with Crippen LogP contribution in [-0.2, 0) is 11.3 Å². The lowest BCUT2D eigenvalue weighted by Gasteiger charge is -2.71. The van der Waals surface area contributed by atoms with Crippen LogP contribution in [0.2, 0.25) is 0 Å². The third-order valence-electron chi connectivity index (χ3n) is 14.2. The fourth-order valence-electron chi connectivity index (χ4n) is 11.9. The third-order valence-corrected chi connectivity index (χ3v) is 14.2. The van der Waals surface area contributed by atoms with E-state index in [1.54, 1.807) is 12.1 Å². The van der Waals surface area contributed by atoms with Crippen molar-refractivity contribution in [2.75, 3.05) is 0 Å². The van der Waals surface area contributed by atoms with Gasteiger partial charge in [-0.05, 0) is 140 Å². The molecule has 44 heavy (non-hydrogen) atoms. The highest BCUT2D eigenvalue weighted by atomic mass is 19.4. The number of carbonyl (C=O) groups excluding carboxylic acids is 1. The van der Waals surface area contributed by atoms with Crippen LogP contribution < -0.4 is 10.1 Å². The Morgan fingerprint density at radius 2 is 1.68 bits per heavy atom. The molecule has 1 amide bonds. The predicted octanol–water partition coefficient (Wildman–Crippen LogP) is 8.75. The summed E-state index contributed by atoms with van der Waals surface area (Å²) in [5, 5.41) is 13.9. The second-order valence-corrected chi connectivity index (χ2v) is 15.8. The molecule has 0 radical (unpaired) electrons. The van der Waals surface area contributed by atoms with Gasteiger partial charge in [0.2, 0.25) is 5.91 Å². The highest BCUT2D eigenvalue weighted by molar-refractivity contribution is 5.84. The summed E-state index contributed by atoms with van der Waals surface area (Å²) in [6, 6.07) is 5.76. The van der Waals surface area contributed by atoms with E-state index in [-0.39, 0.29) is 46.5 Å². The van der Waals surface area contributed by atoms with E-state index in [0.29, 0.717) is 23.7 Å². The van der Waals surface area contributed by atoms with Gasteiger partial charge in [-0.25, -0.2) is 0 Å². The fourth-order valence-corrected chi connectivity index (χ4v) is 11.9. The number of nitrogens with one attached hydrogen (secondary N) is 1. The Labute approximate surface area is 260 Å². The largest absolute Gasteiger partial charge is 0.573 e. The van der Waals surface area contributed by atoms with Gasteiger partial charge < -0.3 is 15.2 Å². The van der Waals surface area contributed by atoms with Crippen LogP contribution in [0.4, 0.5) is 13.2 Å². The average Bonchev–Trinajstić information content (AvgIpc) is 3.36. The van der Waals surface area contributed by atoms with Crippen LogP contribution in [0.3, 0.4) is 0 Å². The average molecular weight is 614 g/mol. The van der Waals surface area contributed by atoms with Gasteiger partial charge in [-0.15, -0.1) is 13.2 Å². The molecular formula is C37H50F3NO3. The van der Waals surface area contributed by atoms with Crippen LogP contribution in [0.5, 0.6) is 5.75 Å². The highest BCUT2D eigenvalue weighted by Crippen LogP contribution is 2.76. The second-order valence-electron chi connectivity index (χ2n) is 15.8. The Kier molecular flexibility index (Phi) is 7.66. The first-order chi connectivity index (χ1) is 20.6. The minimum Gasteiger partial charge on any atom is -0.406 e. The number of ether oxygens (including phenoxy) is 1. The van der Waals surface area contributed by atoms with Crippen molar-refractivity contribution in [1.29, 1.82) is 0 Å². The number of hydrogen-bond donors (Lipinski definition) is 2. The third kappa shape index (κ3) is 4.69. The lowest BCUT2D eigenvalue weighted by Crippen LogP contribution is -2.65. The molecule has 0 aliphatic heterocycles. The van der Waals surface area contributed by atoms with E-state index < -0.39 is 11.8 Å². The van der Waals surface area contributed by atoms with Crippen molar-refractivity contribution in [2.45, 2.75) is 111 Å². The van der Waals surface area contributed by atoms with E-state index in [1.807, 2.05) is 0 Å². The molecule has 0 saturated heterocycles. The fraction of sp³-hybridized carbons (Fsp3) is 0.703. The topological polar surface area (TPSA) is 58.6 Å². The van der Waals surface area contributed by atoms with Crippen LogP contribution in [0.25, 0.3) is 0 Å². The normalized spacial score (nSPS) is 43.2. The number of halogens is 3. The summed E-state index contributed by atoms with van der Waals surface area (Å²) in [6.07, 6.45) is 4.91. The number of aliphatic hydroxyl groups is 1. The van der Waals surface area contributed by atoms with Crippen LogP contribution in [0.15, 0.2) is 48.6 Å². The Morgan fingerprint density at radius 3 is 2.34 bits per heavy atom. The van der Waals surface area contributed by atoms with Crippen molar-refractivity contribution in [3.05, 3.63) is 54.1 Å². The first-order valence-electron chi connectivity index (χ1n) is 16.7. The molecular weight excluding hydrogens is 563 g/mol. The molecule has 5 saturated carbocycles. The summed E-state index contributed by atoms with van der Waals surface area (Å²) in [5.41, 5.74) is 2.90. The standard InChI is InChI=1S/C37H50F3NO3/c1-22(2)26-13-18-36(32(43)41-21-24-7-9-25(10-8-24)44-37(38,39)40)20-19-34(5)28(31(26)36)11-12-30-33(4)16-15-29(42)23(3)27(33)14-17-35(30,34)6/h7-10,26-31,42H,1,3,11-21H2,2,4-6H3,(H,41,43)/t26-,27-,28+,29-,30+,31+,33-,34+,35+,36-/m0/s1.